The van der Waals surface area contributed by atoms with Gasteiger partial charge in [0.15, 0.2) is 0 Å². The Morgan fingerprint density at radius 3 is 2.33 bits per heavy atom. The fraction of sp³-hybridized carbons (Fsp3) is 0.350. The van der Waals surface area contributed by atoms with Crippen LogP contribution in [0.3, 0.4) is 0 Å². The average molecular weight is 456 g/mol. The van der Waals surface area contributed by atoms with Crippen molar-refractivity contribution in [3.63, 3.8) is 0 Å². The summed E-state index contributed by atoms with van der Waals surface area (Å²) in [5, 5.41) is 0.333. The van der Waals surface area contributed by atoms with Gasteiger partial charge in [-0.15, -0.1) is 0 Å². The zero-order valence-electron chi connectivity index (χ0n) is 16.7. The summed E-state index contributed by atoms with van der Waals surface area (Å²) >= 11 is 6.04. The van der Waals surface area contributed by atoms with Crippen molar-refractivity contribution in [1.82, 2.24) is 4.90 Å². The zero-order chi connectivity index (χ0) is 21.9. The van der Waals surface area contributed by atoms with Gasteiger partial charge in [-0.3, -0.25) is 9.10 Å². The quantitative estimate of drug-likeness (QED) is 0.669. The van der Waals surface area contributed by atoms with Crippen molar-refractivity contribution < 1.29 is 22.3 Å². The fourth-order valence-electron chi connectivity index (χ4n) is 3.33. The standard InChI is InChI=1S/C20H23ClFN3O4S/c1-29-19-8-3-15(21)13-18(19)25(30(2,27)28)14-20(26)24-11-9-23(10-12-24)17-6-4-16(22)5-7-17/h3-8,13H,9-12,14H2,1-2H3. The first-order chi connectivity index (χ1) is 14.2. The smallest absolute Gasteiger partial charge is 0.243 e. The number of nitrogens with zero attached hydrogens (tertiary/aromatic N) is 3. The minimum absolute atomic E-state index is 0.214. The fourth-order valence-corrected chi connectivity index (χ4v) is 4.34. The maximum Gasteiger partial charge on any atom is 0.243 e. The van der Waals surface area contributed by atoms with Crippen LogP contribution in [-0.4, -0.2) is 65.3 Å². The third-order valence-corrected chi connectivity index (χ3v) is 6.27. The van der Waals surface area contributed by atoms with Crippen LogP contribution in [0.15, 0.2) is 42.5 Å². The maximum absolute atomic E-state index is 13.1. The van der Waals surface area contributed by atoms with Gasteiger partial charge in [0.1, 0.15) is 18.1 Å². The second-order valence-corrected chi connectivity index (χ2v) is 9.27. The molecule has 0 bridgehead atoms. The number of amides is 1. The van der Waals surface area contributed by atoms with E-state index in [0.717, 1.165) is 16.2 Å². The first kappa shape index (κ1) is 22.2. The van der Waals surface area contributed by atoms with Crippen LogP contribution in [0.4, 0.5) is 15.8 Å². The SMILES string of the molecule is COc1ccc(Cl)cc1N(CC(=O)N1CCN(c2ccc(F)cc2)CC1)S(C)(=O)=O. The summed E-state index contributed by atoms with van der Waals surface area (Å²) in [5.74, 6) is -0.315. The molecule has 2 aromatic rings. The predicted octanol–water partition coefficient (Wildman–Crippen LogP) is 2.60. The third-order valence-electron chi connectivity index (χ3n) is 4.91. The molecule has 30 heavy (non-hydrogen) atoms. The van der Waals surface area contributed by atoms with Crippen LogP contribution in [0.5, 0.6) is 5.75 Å². The number of piperazine rings is 1. The van der Waals surface area contributed by atoms with Crippen LogP contribution in [-0.2, 0) is 14.8 Å². The molecule has 0 aromatic heterocycles. The third kappa shape index (κ3) is 5.14. The Balaban J connectivity index is 1.72. The Hall–Kier alpha value is -2.52. The van der Waals surface area contributed by atoms with Crippen molar-refractivity contribution in [1.29, 1.82) is 0 Å². The molecule has 1 aliphatic rings. The number of halogens is 2. The summed E-state index contributed by atoms with van der Waals surface area (Å²) in [4.78, 5) is 16.6. The lowest BCUT2D eigenvalue weighted by Crippen LogP contribution is -2.52. The maximum atomic E-state index is 13.1. The molecule has 0 radical (unpaired) electrons. The number of carbonyl (C=O) groups excluding carboxylic acids is 1. The van der Waals surface area contributed by atoms with Gasteiger partial charge in [0, 0.05) is 36.9 Å². The second kappa shape index (κ2) is 9.09. The highest BCUT2D eigenvalue weighted by Gasteiger charge is 2.28. The van der Waals surface area contributed by atoms with Crippen LogP contribution in [0.1, 0.15) is 0 Å². The monoisotopic (exact) mass is 455 g/mol. The molecule has 0 saturated carbocycles. The summed E-state index contributed by atoms with van der Waals surface area (Å²) in [6.07, 6.45) is 1.03. The number of hydrogen-bond donors (Lipinski definition) is 0. The van der Waals surface area contributed by atoms with E-state index >= 15 is 0 Å². The van der Waals surface area contributed by atoms with E-state index in [-0.39, 0.29) is 24.0 Å². The van der Waals surface area contributed by atoms with Gasteiger partial charge in [-0.2, -0.15) is 0 Å². The van der Waals surface area contributed by atoms with E-state index in [1.54, 1.807) is 29.2 Å². The van der Waals surface area contributed by atoms with Crippen molar-refractivity contribution in [3.8, 4) is 5.75 Å². The molecule has 1 heterocycles. The normalized spacial score (nSPS) is 14.5. The van der Waals surface area contributed by atoms with Gasteiger partial charge in [-0.25, -0.2) is 12.8 Å². The van der Waals surface area contributed by atoms with E-state index in [9.17, 15) is 17.6 Å². The number of anilines is 2. The largest absolute Gasteiger partial charge is 0.495 e. The summed E-state index contributed by atoms with van der Waals surface area (Å²) < 4.78 is 44.2. The summed E-state index contributed by atoms with van der Waals surface area (Å²) in [6, 6.07) is 10.8. The molecule has 1 saturated heterocycles. The molecule has 10 heteroatoms. The molecule has 2 aromatic carbocycles. The van der Waals surface area contributed by atoms with Crippen molar-refractivity contribution >= 4 is 38.9 Å². The number of rotatable bonds is 6. The van der Waals surface area contributed by atoms with E-state index in [4.69, 9.17) is 16.3 Å². The molecule has 1 amide bonds. The Morgan fingerprint density at radius 2 is 1.77 bits per heavy atom. The van der Waals surface area contributed by atoms with Crippen LogP contribution in [0, 0.1) is 5.82 Å². The van der Waals surface area contributed by atoms with E-state index < -0.39 is 10.0 Å². The highest BCUT2D eigenvalue weighted by Crippen LogP contribution is 2.32. The number of carbonyl (C=O) groups is 1. The van der Waals surface area contributed by atoms with Gasteiger partial charge in [0.25, 0.3) is 0 Å². The number of methoxy groups -OCH3 is 1. The van der Waals surface area contributed by atoms with Crippen molar-refractivity contribution in [2.75, 3.05) is 55.3 Å². The summed E-state index contributed by atoms with van der Waals surface area (Å²) in [5.41, 5.74) is 1.09. The zero-order valence-corrected chi connectivity index (χ0v) is 18.3. The molecule has 0 spiro atoms. The molecular weight excluding hydrogens is 433 g/mol. The van der Waals surface area contributed by atoms with Gasteiger partial charge in [-0.1, -0.05) is 11.6 Å². The highest BCUT2D eigenvalue weighted by molar-refractivity contribution is 7.92. The first-order valence-corrected chi connectivity index (χ1v) is 11.5. The lowest BCUT2D eigenvalue weighted by Gasteiger charge is -2.37. The van der Waals surface area contributed by atoms with E-state index in [0.29, 0.717) is 37.0 Å². The molecule has 1 fully saturated rings. The molecule has 162 valence electrons. The Morgan fingerprint density at radius 1 is 1.13 bits per heavy atom. The topological polar surface area (TPSA) is 70.2 Å². The number of hydrogen-bond acceptors (Lipinski definition) is 5. The number of sulfonamides is 1. The molecule has 0 unspecified atom stereocenters. The minimum atomic E-state index is -3.76. The van der Waals surface area contributed by atoms with Gasteiger partial charge in [0.05, 0.1) is 19.1 Å². The molecule has 1 aliphatic heterocycles. The second-order valence-electron chi connectivity index (χ2n) is 6.93. The van der Waals surface area contributed by atoms with Gasteiger partial charge in [-0.05, 0) is 42.5 Å². The van der Waals surface area contributed by atoms with E-state index in [1.807, 2.05) is 0 Å². The highest BCUT2D eigenvalue weighted by atomic mass is 35.5. The number of benzene rings is 2. The number of ether oxygens (including phenoxy) is 1. The van der Waals surface area contributed by atoms with Crippen LogP contribution < -0.4 is 13.9 Å². The molecule has 0 N–H and O–H groups in total. The Labute approximate surface area is 180 Å². The van der Waals surface area contributed by atoms with Crippen LogP contribution in [0.25, 0.3) is 0 Å². The first-order valence-electron chi connectivity index (χ1n) is 9.28. The molecule has 7 nitrogen and oxygen atoms in total. The van der Waals surface area contributed by atoms with Gasteiger partial charge < -0.3 is 14.5 Å². The summed E-state index contributed by atoms with van der Waals surface area (Å²) in [6.45, 7) is 1.64. The Bertz CT molecular complexity index is 1010. The Kier molecular flexibility index (Phi) is 6.72. The van der Waals surface area contributed by atoms with Crippen molar-refractivity contribution in [2.24, 2.45) is 0 Å². The van der Waals surface area contributed by atoms with Crippen LogP contribution >= 0.6 is 11.6 Å². The molecule has 3 rings (SSSR count). The van der Waals surface area contributed by atoms with Gasteiger partial charge in [0.2, 0.25) is 15.9 Å². The summed E-state index contributed by atoms with van der Waals surface area (Å²) in [7, 11) is -2.34. The van der Waals surface area contributed by atoms with E-state index in [2.05, 4.69) is 4.90 Å². The van der Waals surface area contributed by atoms with Gasteiger partial charge >= 0.3 is 0 Å². The molecule has 0 aliphatic carbocycles. The van der Waals surface area contributed by atoms with E-state index in [1.165, 1.54) is 25.3 Å². The minimum Gasteiger partial charge on any atom is -0.495 e. The lowest BCUT2D eigenvalue weighted by molar-refractivity contribution is -0.129. The lowest BCUT2D eigenvalue weighted by atomic mass is 10.2. The molecule has 0 atom stereocenters. The van der Waals surface area contributed by atoms with Crippen molar-refractivity contribution in [2.45, 2.75) is 0 Å². The predicted molar refractivity (Wildman–Crippen MR) is 115 cm³/mol. The average Bonchev–Trinajstić information content (AvgIpc) is 2.71. The van der Waals surface area contributed by atoms with Crippen molar-refractivity contribution in [3.05, 3.63) is 53.3 Å². The van der Waals surface area contributed by atoms with Crippen LogP contribution in [0.2, 0.25) is 5.02 Å². The molecular formula is C20H23ClFN3O4S.